The SMILES string of the molecule is COc1ccc2c(c1)nc(N)n1nc([C@@H]3CC[C@H](C)N(c4cn(CC(C)(C)O)nc4C)C3)nc21. The second-order valence-corrected chi connectivity index (χ2v) is 9.94. The van der Waals surface area contributed by atoms with Crippen molar-refractivity contribution in [2.45, 2.75) is 64.6 Å². The van der Waals surface area contributed by atoms with Crippen LogP contribution < -0.4 is 15.4 Å². The van der Waals surface area contributed by atoms with Gasteiger partial charge in [-0.1, -0.05) is 0 Å². The van der Waals surface area contributed by atoms with Crippen LogP contribution in [0.25, 0.3) is 16.6 Å². The molecule has 2 atom stereocenters. The number of hydrogen-bond donors (Lipinski definition) is 2. The van der Waals surface area contributed by atoms with Gasteiger partial charge in [-0.25, -0.2) is 9.97 Å². The van der Waals surface area contributed by atoms with Gasteiger partial charge in [-0.15, -0.1) is 5.10 Å². The topological polar surface area (TPSA) is 120 Å². The summed E-state index contributed by atoms with van der Waals surface area (Å²) in [6, 6.07) is 6.07. The van der Waals surface area contributed by atoms with Gasteiger partial charge in [0.15, 0.2) is 11.5 Å². The zero-order valence-corrected chi connectivity index (χ0v) is 20.4. The van der Waals surface area contributed by atoms with Crippen molar-refractivity contribution in [3.8, 4) is 5.75 Å². The summed E-state index contributed by atoms with van der Waals surface area (Å²) in [5, 5.41) is 20.5. The highest BCUT2D eigenvalue weighted by atomic mass is 16.5. The summed E-state index contributed by atoms with van der Waals surface area (Å²) in [6.07, 6.45) is 4.04. The number of aliphatic hydroxyl groups is 1. The number of methoxy groups -OCH3 is 1. The molecule has 3 aromatic heterocycles. The molecule has 1 aliphatic rings. The average Bonchev–Trinajstić information content (AvgIpc) is 3.37. The Morgan fingerprint density at radius 2 is 2.00 bits per heavy atom. The van der Waals surface area contributed by atoms with Crippen LogP contribution in [0.2, 0.25) is 0 Å². The van der Waals surface area contributed by atoms with Gasteiger partial charge < -0.3 is 20.5 Å². The molecule has 34 heavy (non-hydrogen) atoms. The molecule has 5 rings (SSSR count). The quantitative estimate of drug-likeness (QED) is 0.463. The highest BCUT2D eigenvalue weighted by Crippen LogP contribution is 2.34. The van der Waals surface area contributed by atoms with Crippen LogP contribution in [0.1, 0.15) is 51.0 Å². The first-order valence-electron chi connectivity index (χ1n) is 11.7. The predicted octanol–water partition coefficient (Wildman–Crippen LogP) is 2.92. The van der Waals surface area contributed by atoms with Crippen LogP contribution in [-0.2, 0) is 6.54 Å². The van der Waals surface area contributed by atoms with Gasteiger partial charge in [0, 0.05) is 36.2 Å². The number of ether oxygens (including phenoxy) is 1. The number of benzene rings is 1. The van der Waals surface area contributed by atoms with E-state index in [-0.39, 0.29) is 5.92 Å². The Labute approximate surface area is 198 Å². The first kappa shape index (κ1) is 22.4. The molecule has 0 amide bonds. The van der Waals surface area contributed by atoms with Crippen LogP contribution >= 0.6 is 0 Å². The molecule has 3 N–H and O–H groups in total. The van der Waals surface area contributed by atoms with Gasteiger partial charge in [-0.05, 0) is 52.7 Å². The third-order valence-electron chi connectivity index (χ3n) is 6.55. The van der Waals surface area contributed by atoms with E-state index in [4.69, 9.17) is 20.6 Å². The molecule has 0 aliphatic carbocycles. The fourth-order valence-electron chi connectivity index (χ4n) is 4.85. The Kier molecular flexibility index (Phi) is 5.35. The van der Waals surface area contributed by atoms with Gasteiger partial charge in [0.05, 0.1) is 36.2 Å². The van der Waals surface area contributed by atoms with Crippen molar-refractivity contribution < 1.29 is 9.84 Å². The molecule has 0 saturated carbocycles. The summed E-state index contributed by atoms with van der Waals surface area (Å²) in [6.45, 7) is 9.06. The third-order valence-corrected chi connectivity index (χ3v) is 6.55. The first-order valence-corrected chi connectivity index (χ1v) is 11.7. The molecule has 1 saturated heterocycles. The maximum atomic E-state index is 10.2. The van der Waals surface area contributed by atoms with Gasteiger partial charge in [-0.2, -0.15) is 9.61 Å². The van der Waals surface area contributed by atoms with Crippen molar-refractivity contribution in [2.24, 2.45) is 0 Å². The van der Waals surface area contributed by atoms with E-state index in [2.05, 4.69) is 21.9 Å². The van der Waals surface area contributed by atoms with Gasteiger partial charge in [-0.3, -0.25) is 4.68 Å². The molecule has 1 aliphatic heterocycles. The van der Waals surface area contributed by atoms with E-state index >= 15 is 0 Å². The summed E-state index contributed by atoms with van der Waals surface area (Å²) in [5.74, 6) is 1.95. The van der Waals surface area contributed by atoms with Crippen LogP contribution in [0.15, 0.2) is 24.4 Å². The van der Waals surface area contributed by atoms with Crippen LogP contribution in [0.3, 0.4) is 0 Å². The Morgan fingerprint density at radius 1 is 1.21 bits per heavy atom. The van der Waals surface area contributed by atoms with Gasteiger partial charge >= 0.3 is 0 Å². The van der Waals surface area contributed by atoms with E-state index in [9.17, 15) is 5.11 Å². The number of nitrogens with two attached hydrogens (primary N) is 1. The molecular weight excluding hydrogens is 432 g/mol. The van der Waals surface area contributed by atoms with Crippen molar-refractivity contribution in [3.05, 3.63) is 35.9 Å². The molecule has 10 heteroatoms. The Bertz CT molecular complexity index is 1350. The van der Waals surface area contributed by atoms with Crippen molar-refractivity contribution in [2.75, 3.05) is 24.3 Å². The largest absolute Gasteiger partial charge is 0.497 e. The number of fused-ring (bicyclic) bond motifs is 3. The summed E-state index contributed by atoms with van der Waals surface area (Å²) >= 11 is 0. The van der Waals surface area contributed by atoms with Gasteiger partial charge in [0.2, 0.25) is 5.95 Å². The standard InChI is InChI=1S/C24H32N8O2/c1-14-6-7-16(11-31(14)20-12-30(28-15(20)2)13-24(3,4)33)21-27-22-18-9-8-17(34-5)10-19(18)26-23(25)32(22)29-21/h8-10,12,14,16,33H,6-7,11,13H2,1-5H3,(H2,25,26)/t14-,16+/m0/s1. The molecule has 4 aromatic rings. The molecule has 0 spiro atoms. The molecule has 0 bridgehead atoms. The second-order valence-electron chi connectivity index (χ2n) is 9.94. The Morgan fingerprint density at radius 3 is 2.74 bits per heavy atom. The minimum Gasteiger partial charge on any atom is -0.497 e. The van der Waals surface area contributed by atoms with E-state index in [1.807, 2.05) is 36.0 Å². The predicted molar refractivity (Wildman–Crippen MR) is 131 cm³/mol. The molecule has 1 aromatic carbocycles. The lowest BCUT2D eigenvalue weighted by Gasteiger charge is -2.38. The maximum Gasteiger partial charge on any atom is 0.223 e. The molecule has 0 unspecified atom stereocenters. The smallest absolute Gasteiger partial charge is 0.223 e. The summed E-state index contributed by atoms with van der Waals surface area (Å²) in [4.78, 5) is 11.8. The first-order chi connectivity index (χ1) is 16.1. The summed E-state index contributed by atoms with van der Waals surface area (Å²) in [7, 11) is 1.63. The van der Waals surface area contributed by atoms with E-state index in [1.54, 1.807) is 25.5 Å². The van der Waals surface area contributed by atoms with Crippen molar-refractivity contribution in [3.63, 3.8) is 0 Å². The molecule has 180 valence electrons. The van der Waals surface area contributed by atoms with E-state index < -0.39 is 5.60 Å². The van der Waals surface area contributed by atoms with Crippen molar-refractivity contribution in [1.82, 2.24) is 29.4 Å². The van der Waals surface area contributed by atoms with Crippen molar-refractivity contribution in [1.29, 1.82) is 0 Å². The average molecular weight is 465 g/mol. The van der Waals surface area contributed by atoms with Gasteiger partial charge in [0.25, 0.3) is 0 Å². The lowest BCUT2D eigenvalue weighted by atomic mass is 9.92. The van der Waals surface area contributed by atoms with Crippen molar-refractivity contribution >= 4 is 28.2 Å². The number of piperidine rings is 1. The second kappa shape index (κ2) is 8.12. The zero-order chi connectivity index (χ0) is 24.2. The van der Waals surface area contributed by atoms with Crippen LogP contribution in [0, 0.1) is 6.92 Å². The number of hydrogen-bond acceptors (Lipinski definition) is 8. The fraction of sp³-hybridized carbons (Fsp3) is 0.500. The number of anilines is 2. The van der Waals surface area contributed by atoms with Crippen LogP contribution in [-0.4, -0.2) is 59.8 Å². The Hall–Kier alpha value is -3.40. The zero-order valence-electron chi connectivity index (χ0n) is 20.4. The fourth-order valence-corrected chi connectivity index (χ4v) is 4.85. The number of aromatic nitrogens is 6. The third kappa shape index (κ3) is 4.02. The molecule has 0 radical (unpaired) electrons. The number of rotatable bonds is 5. The number of nitrogen functional groups attached to an aromatic ring is 1. The molecule has 1 fully saturated rings. The van der Waals surface area contributed by atoms with E-state index in [0.29, 0.717) is 24.2 Å². The molecular formula is C24H32N8O2. The summed E-state index contributed by atoms with van der Waals surface area (Å²) in [5.41, 5.74) is 8.89. The minimum absolute atomic E-state index is 0.154. The number of nitrogens with zero attached hydrogens (tertiary/aromatic N) is 7. The van der Waals surface area contributed by atoms with Gasteiger partial charge in [0.1, 0.15) is 5.75 Å². The molecule has 10 nitrogen and oxygen atoms in total. The Balaban J connectivity index is 1.48. The van der Waals surface area contributed by atoms with Crippen LogP contribution in [0.5, 0.6) is 5.75 Å². The molecule has 4 heterocycles. The normalized spacial score (nSPS) is 19.3. The van der Waals surface area contributed by atoms with Crippen LogP contribution in [0.4, 0.5) is 11.6 Å². The van der Waals surface area contributed by atoms with E-state index in [0.717, 1.165) is 53.2 Å². The summed E-state index contributed by atoms with van der Waals surface area (Å²) < 4.78 is 8.79. The highest BCUT2D eigenvalue weighted by molar-refractivity contribution is 5.93. The minimum atomic E-state index is -0.826. The lowest BCUT2D eigenvalue weighted by molar-refractivity contribution is 0.0577. The lowest BCUT2D eigenvalue weighted by Crippen LogP contribution is -2.41. The maximum absolute atomic E-state index is 10.2. The number of aryl methyl sites for hydroxylation is 1. The monoisotopic (exact) mass is 464 g/mol. The van der Waals surface area contributed by atoms with E-state index in [1.165, 1.54) is 0 Å². The highest BCUT2D eigenvalue weighted by Gasteiger charge is 2.31.